The Bertz CT molecular complexity index is 602. The minimum atomic E-state index is -1.11. The van der Waals surface area contributed by atoms with E-state index < -0.39 is 5.97 Å². The quantitative estimate of drug-likeness (QED) is 0.923. The number of aryl methyl sites for hydroxylation is 1. The van der Waals surface area contributed by atoms with Crippen LogP contribution in [0, 0.1) is 6.92 Å². The minimum absolute atomic E-state index is 0.0187. The van der Waals surface area contributed by atoms with Crippen molar-refractivity contribution >= 4 is 17.6 Å². The monoisotopic (exact) mass is 264 g/mol. The number of carbonyl (C=O) groups is 1. The molecule has 1 aromatic heterocycles. The lowest BCUT2D eigenvalue weighted by Gasteiger charge is -2.06. The zero-order chi connectivity index (χ0) is 13.1. The summed E-state index contributed by atoms with van der Waals surface area (Å²) in [5.41, 5.74) is 0.877. The third-order valence-electron chi connectivity index (χ3n) is 2.16. The third-order valence-corrected chi connectivity index (χ3v) is 2.49. The maximum absolute atomic E-state index is 10.9. The molecular weight excluding hydrogens is 256 g/mol. The smallest absolute Gasteiger partial charge is 0.337 e. The van der Waals surface area contributed by atoms with Gasteiger partial charge in [0.15, 0.2) is 0 Å². The van der Waals surface area contributed by atoms with Crippen LogP contribution < -0.4 is 4.74 Å². The predicted octanol–water partition coefficient (Wildman–Crippen LogP) is 2.93. The minimum Gasteiger partial charge on any atom is -0.478 e. The van der Waals surface area contributed by atoms with E-state index in [0.717, 1.165) is 5.56 Å². The number of ether oxygens (including phenoxy) is 1. The maximum atomic E-state index is 10.9. The van der Waals surface area contributed by atoms with E-state index >= 15 is 0 Å². The highest BCUT2D eigenvalue weighted by atomic mass is 35.5. The van der Waals surface area contributed by atoms with Gasteiger partial charge in [-0.1, -0.05) is 11.6 Å². The Balaban J connectivity index is 2.30. The average molecular weight is 265 g/mol. The van der Waals surface area contributed by atoms with E-state index in [1.807, 2.05) is 6.92 Å². The van der Waals surface area contributed by atoms with Crippen molar-refractivity contribution < 1.29 is 14.6 Å². The first-order chi connectivity index (χ1) is 8.56. The molecule has 0 aliphatic heterocycles. The van der Waals surface area contributed by atoms with Gasteiger partial charge in [-0.25, -0.2) is 4.79 Å². The molecule has 0 fully saturated rings. The van der Waals surface area contributed by atoms with Crippen molar-refractivity contribution in [3.05, 3.63) is 46.6 Å². The average Bonchev–Trinajstić information content (AvgIpc) is 2.31. The van der Waals surface area contributed by atoms with Gasteiger partial charge in [0.25, 0.3) is 0 Å². The number of carboxylic acids is 1. The van der Waals surface area contributed by atoms with Crippen LogP contribution in [-0.4, -0.2) is 21.3 Å². The molecule has 5 nitrogen and oxygen atoms in total. The molecule has 6 heteroatoms. The highest BCUT2D eigenvalue weighted by molar-refractivity contribution is 6.33. The van der Waals surface area contributed by atoms with Gasteiger partial charge in [0.1, 0.15) is 5.75 Å². The van der Waals surface area contributed by atoms with Crippen LogP contribution in [0.15, 0.2) is 30.5 Å². The van der Waals surface area contributed by atoms with Crippen molar-refractivity contribution in [1.82, 2.24) is 10.2 Å². The molecule has 92 valence electrons. The molecular formula is C12H9ClN2O3. The summed E-state index contributed by atoms with van der Waals surface area (Å²) in [7, 11) is 0. The zero-order valence-corrected chi connectivity index (χ0v) is 10.2. The molecule has 2 aromatic rings. The molecule has 1 N–H and O–H groups in total. The number of benzene rings is 1. The number of aromatic nitrogens is 2. The standard InChI is InChI=1S/C12H9ClN2O3/c1-7-4-11(15-14-6-7)18-8-2-3-10(13)9(5-8)12(16)17/h2-6H,1H3,(H,16,17). The second-order valence-electron chi connectivity index (χ2n) is 3.62. The summed E-state index contributed by atoms with van der Waals surface area (Å²) in [6.45, 7) is 1.85. The Hall–Kier alpha value is -2.14. The van der Waals surface area contributed by atoms with Gasteiger partial charge >= 0.3 is 5.97 Å². The zero-order valence-electron chi connectivity index (χ0n) is 9.42. The lowest BCUT2D eigenvalue weighted by molar-refractivity contribution is 0.0696. The molecule has 2 rings (SSSR count). The first kappa shape index (κ1) is 12.3. The summed E-state index contributed by atoms with van der Waals surface area (Å²) in [5.74, 6) is -0.467. The fourth-order valence-corrected chi connectivity index (χ4v) is 1.54. The molecule has 0 saturated carbocycles. The van der Waals surface area contributed by atoms with Crippen molar-refractivity contribution in [1.29, 1.82) is 0 Å². The first-order valence-corrected chi connectivity index (χ1v) is 5.44. The molecule has 0 amide bonds. The van der Waals surface area contributed by atoms with Crippen molar-refractivity contribution in [2.45, 2.75) is 6.92 Å². The van der Waals surface area contributed by atoms with Crippen LogP contribution in [0.3, 0.4) is 0 Å². The second kappa shape index (κ2) is 5.01. The second-order valence-corrected chi connectivity index (χ2v) is 4.03. The number of halogens is 1. The third kappa shape index (κ3) is 2.75. The van der Waals surface area contributed by atoms with Crippen LogP contribution in [0.1, 0.15) is 15.9 Å². The van der Waals surface area contributed by atoms with Crippen LogP contribution in [0.4, 0.5) is 0 Å². The van der Waals surface area contributed by atoms with Crippen LogP contribution >= 0.6 is 11.6 Å². The van der Waals surface area contributed by atoms with Crippen molar-refractivity contribution in [2.24, 2.45) is 0 Å². The number of nitrogens with zero attached hydrogens (tertiary/aromatic N) is 2. The van der Waals surface area contributed by atoms with Crippen LogP contribution in [0.2, 0.25) is 5.02 Å². The topological polar surface area (TPSA) is 72.3 Å². The molecule has 0 spiro atoms. The molecule has 0 bridgehead atoms. The van der Waals surface area contributed by atoms with E-state index in [4.69, 9.17) is 21.4 Å². The molecule has 0 atom stereocenters. The SMILES string of the molecule is Cc1cnnc(Oc2ccc(Cl)c(C(=O)O)c2)c1. The molecule has 0 saturated heterocycles. The van der Waals surface area contributed by atoms with E-state index in [-0.39, 0.29) is 10.6 Å². The predicted molar refractivity (Wildman–Crippen MR) is 65.3 cm³/mol. The molecule has 0 aliphatic carbocycles. The number of rotatable bonds is 3. The van der Waals surface area contributed by atoms with Crippen molar-refractivity contribution in [3.8, 4) is 11.6 Å². The Kier molecular flexibility index (Phi) is 3.43. The summed E-state index contributed by atoms with van der Waals surface area (Å²) >= 11 is 5.76. The van der Waals surface area contributed by atoms with Gasteiger partial charge in [-0.3, -0.25) is 0 Å². The Morgan fingerprint density at radius 3 is 2.83 bits per heavy atom. The molecule has 0 aliphatic rings. The number of aromatic carboxylic acids is 1. The Morgan fingerprint density at radius 1 is 1.39 bits per heavy atom. The van der Waals surface area contributed by atoms with Crippen LogP contribution in [-0.2, 0) is 0 Å². The Morgan fingerprint density at radius 2 is 2.17 bits per heavy atom. The first-order valence-electron chi connectivity index (χ1n) is 5.06. The maximum Gasteiger partial charge on any atom is 0.337 e. The van der Waals surface area contributed by atoms with E-state index in [1.54, 1.807) is 18.3 Å². The highest BCUT2D eigenvalue weighted by Gasteiger charge is 2.10. The molecule has 18 heavy (non-hydrogen) atoms. The summed E-state index contributed by atoms with van der Waals surface area (Å²) in [5, 5.41) is 16.6. The molecule has 1 aromatic carbocycles. The van der Waals surface area contributed by atoms with Crippen molar-refractivity contribution in [2.75, 3.05) is 0 Å². The largest absolute Gasteiger partial charge is 0.478 e. The lowest BCUT2D eigenvalue weighted by atomic mass is 10.2. The lowest BCUT2D eigenvalue weighted by Crippen LogP contribution is -1.98. The van der Waals surface area contributed by atoms with Crippen molar-refractivity contribution in [3.63, 3.8) is 0 Å². The molecule has 0 radical (unpaired) electrons. The van der Waals surface area contributed by atoms with Gasteiger partial charge in [0.2, 0.25) is 5.88 Å². The van der Waals surface area contributed by atoms with Gasteiger partial charge < -0.3 is 9.84 Å². The van der Waals surface area contributed by atoms with E-state index in [9.17, 15) is 4.79 Å². The fourth-order valence-electron chi connectivity index (χ4n) is 1.34. The van der Waals surface area contributed by atoms with E-state index in [2.05, 4.69) is 10.2 Å². The van der Waals surface area contributed by atoms with Crippen LogP contribution in [0.25, 0.3) is 0 Å². The summed E-state index contributed by atoms with van der Waals surface area (Å²) < 4.78 is 5.41. The van der Waals surface area contributed by atoms with E-state index in [0.29, 0.717) is 11.6 Å². The molecule has 0 unspecified atom stereocenters. The summed E-state index contributed by atoms with van der Waals surface area (Å²) in [6.07, 6.45) is 1.59. The normalized spacial score (nSPS) is 10.1. The molecule has 1 heterocycles. The van der Waals surface area contributed by atoms with Gasteiger partial charge in [-0.15, -0.1) is 5.10 Å². The van der Waals surface area contributed by atoms with Gasteiger partial charge in [0.05, 0.1) is 16.8 Å². The highest BCUT2D eigenvalue weighted by Crippen LogP contribution is 2.25. The number of carboxylic acid groups (broad SMARTS) is 1. The number of hydrogen-bond donors (Lipinski definition) is 1. The number of hydrogen-bond acceptors (Lipinski definition) is 4. The summed E-state index contributed by atoms with van der Waals surface area (Å²) in [6, 6.07) is 6.07. The van der Waals surface area contributed by atoms with Crippen LogP contribution in [0.5, 0.6) is 11.6 Å². The summed E-state index contributed by atoms with van der Waals surface area (Å²) in [4.78, 5) is 10.9. The van der Waals surface area contributed by atoms with Gasteiger partial charge in [-0.05, 0) is 30.7 Å². The van der Waals surface area contributed by atoms with Gasteiger partial charge in [-0.2, -0.15) is 5.10 Å². The Labute approximate surface area is 108 Å². The van der Waals surface area contributed by atoms with Gasteiger partial charge in [0, 0.05) is 6.07 Å². The van der Waals surface area contributed by atoms with E-state index in [1.165, 1.54) is 12.1 Å². The fraction of sp³-hybridized carbons (Fsp3) is 0.0833.